The SMILES string of the molecule is CCOc1cc(-c2ccccc2)ccc1N1CCNCC1. The molecule has 1 heterocycles. The number of rotatable bonds is 4. The third-order valence-corrected chi connectivity index (χ3v) is 3.82. The predicted octanol–water partition coefficient (Wildman–Crippen LogP) is 3.16. The van der Waals surface area contributed by atoms with E-state index >= 15 is 0 Å². The lowest BCUT2D eigenvalue weighted by Crippen LogP contribution is -2.43. The Morgan fingerprint density at radius 2 is 1.76 bits per heavy atom. The second-order valence-corrected chi connectivity index (χ2v) is 5.22. The molecule has 21 heavy (non-hydrogen) atoms. The van der Waals surface area contributed by atoms with Crippen molar-refractivity contribution in [3.63, 3.8) is 0 Å². The third-order valence-electron chi connectivity index (χ3n) is 3.82. The first-order chi connectivity index (χ1) is 10.4. The molecule has 1 aliphatic heterocycles. The summed E-state index contributed by atoms with van der Waals surface area (Å²) in [7, 11) is 0. The van der Waals surface area contributed by atoms with Crippen LogP contribution in [0.4, 0.5) is 5.69 Å². The van der Waals surface area contributed by atoms with Crippen LogP contribution in [0.1, 0.15) is 6.92 Å². The number of benzene rings is 2. The van der Waals surface area contributed by atoms with Gasteiger partial charge in [0.2, 0.25) is 0 Å². The summed E-state index contributed by atoms with van der Waals surface area (Å²) in [6.07, 6.45) is 0. The quantitative estimate of drug-likeness (QED) is 0.932. The van der Waals surface area contributed by atoms with Crippen LogP contribution in [0, 0.1) is 0 Å². The monoisotopic (exact) mass is 282 g/mol. The van der Waals surface area contributed by atoms with Gasteiger partial charge in [0.25, 0.3) is 0 Å². The fourth-order valence-electron chi connectivity index (χ4n) is 2.76. The molecule has 0 aliphatic carbocycles. The van der Waals surface area contributed by atoms with Crippen LogP contribution >= 0.6 is 0 Å². The van der Waals surface area contributed by atoms with Crippen LogP contribution in [-0.4, -0.2) is 32.8 Å². The molecule has 110 valence electrons. The molecule has 3 nitrogen and oxygen atoms in total. The number of ether oxygens (including phenoxy) is 1. The lowest BCUT2D eigenvalue weighted by atomic mass is 10.0. The highest BCUT2D eigenvalue weighted by atomic mass is 16.5. The van der Waals surface area contributed by atoms with Crippen LogP contribution in [0.5, 0.6) is 5.75 Å². The van der Waals surface area contributed by atoms with E-state index in [1.165, 1.54) is 16.8 Å². The lowest BCUT2D eigenvalue weighted by Gasteiger charge is -2.31. The molecule has 1 saturated heterocycles. The molecule has 2 aromatic carbocycles. The van der Waals surface area contributed by atoms with Crippen LogP contribution < -0.4 is 15.0 Å². The molecule has 0 bridgehead atoms. The molecule has 1 fully saturated rings. The van der Waals surface area contributed by atoms with E-state index in [2.05, 4.69) is 52.7 Å². The Kier molecular flexibility index (Phi) is 4.41. The fraction of sp³-hybridized carbons (Fsp3) is 0.333. The molecule has 0 unspecified atom stereocenters. The van der Waals surface area contributed by atoms with Gasteiger partial charge in [-0.05, 0) is 30.2 Å². The van der Waals surface area contributed by atoms with Gasteiger partial charge in [-0.2, -0.15) is 0 Å². The molecule has 0 spiro atoms. The second-order valence-electron chi connectivity index (χ2n) is 5.22. The first-order valence-electron chi connectivity index (χ1n) is 7.66. The molecular formula is C18H22N2O. The molecule has 0 saturated carbocycles. The van der Waals surface area contributed by atoms with Gasteiger partial charge in [0.05, 0.1) is 12.3 Å². The Labute approximate surface area is 126 Å². The molecule has 0 amide bonds. The molecular weight excluding hydrogens is 260 g/mol. The molecule has 1 aliphatic rings. The van der Waals surface area contributed by atoms with Crippen molar-refractivity contribution < 1.29 is 4.74 Å². The third kappa shape index (κ3) is 3.19. The highest BCUT2D eigenvalue weighted by Crippen LogP contribution is 2.33. The first-order valence-corrected chi connectivity index (χ1v) is 7.66. The molecule has 1 N–H and O–H groups in total. The minimum Gasteiger partial charge on any atom is -0.492 e. The number of anilines is 1. The standard InChI is InChI=1S/C18H22N2O/c1-2-21-18-14-16(15-6-4-3-5-7-15)8-9-17(18)20-12-10-19-11-13-20/h3-9,14,19H,2,10-13H2,1H3. The number of nitrogens with zero attached hydrogens (tertiary/aromatic N) is 1. The van der Waals surface area contributed by atoms with Gasteiger partial charge < -0.3 is 15.0 Å². The summed E-state index contributed by atoms with van der Waals surface area (Å²) >= 11 is 0. The zero-order valence-electron chi connectivity index (χ0n) is 12.5. The fourth-order valence-corrected chi connectivity index (χ4v) is 2.76. The average molecular weight is 282 g/mol. The summed E-state index contributed by atoms with van der Waals surface area (Å²) < 4.78 is 5.89. The Morgan fingerprint density at radius 3 is 2.48 bits per heavy atom. The smallest absolute Gasteiger partial charge is 0.143 e. The topological polar surface area (TPSA) is 24.5 Å². The summed E-state index contributed by atoms with van der Waals surface area (Å²) in [5.74, 6) is 0.987. The summed E-state index contributed by atoms with van der Waals surface area (Å²) in [4.78, 5) is 2.40. The van der Waals surface area contributed by atoms with E-state index < -0.39 is 0 Å². The van der Waals surface area contributed by atoms with E-state index in [1.54, 1.807) is 0 Å². The van der Waals surface area contributed by atoms with Crippen molar-refractivity contribution in [2.75, 3.05) is 37.7 Å². The van der Waals surface area contributed by atoms with Gasteiger partial charge in [-0.1, -0.05) is 36.4 Å². The summed E-state index contributed by atoms with van der Waals surface area (Å²) in [5, 5.41) is 3.39. The van der Waals surface area contributed by atoms with Crippen molar-refractivity contribution in [1.82, 2.24) is 5.32 Å². The minimum atomic E-state index is 0.692. The molecule has 3 rings (SSSR count). The second kappa shape index (κ2) is 6.64. The first kappa shape index (κ1) is 14.0. The van der Waals surface area contributed by atoms with Gasteiger partial charge in [0.15, 0.2) is 0 Å². The van der Waals surface area contributed by atoms with Gasteiger partial charge in [-0.25, -0.2) is 0 Å². The van der Waals surface area contributed by atoms with E-state index in [4.69, 9.17) is 4.74 Å². The maximum absolute atomic E-state index is 5.89. The van der Waals surface area contributed by atoms with Gasteiger partial charge in [0.1, 0.15) is 5.75 Å². The summed E-state index contributed by atoms with van der Waals surface area (Å²) in [5.41, 5.74) is 3.64. The molecule has 0 aromatic heterocycles. The van der Waals surface area contributed by atoms with Crippen molar-refractivity contribution in [3.8, 4) is 16.9 Å². The number of nitrogens with one attached hydrogen (secondary N) is 1. The van der Waals surface area contributed by atoms with E-state index in [1.807, 2.05) is 13.0 Å². The normalized spacial score (nSPS) is 15.0. The Bertz CT molecular complexity index is 577. The van der Waals surface area contributed by atoms with Gasteiger partial charge >= 0.3 is 0 Å². The Hall–Kier alpha value is -2.00. The zero-order valence-corrected chi connectivity index (χ0v) is 12.5. The van der Waals surface area contributed by atoms with E-state index in [0.29, 0.717) is 6.61 Å². The van der Waals surface area contributed by atoms with Gasteiger partial charge in [0, 0.05) is 26.2 Å². The highest BCUT2D eigenvalue weighted by Gasteiger charge is 2.15. The summed E-state index contributed by atoms with van der Waals surface area (Å²) in [6.45, 7) is 6.86. The van der Waals surface area contributed by atoms with Gasteiger partial charge in [-0.3, -0.25) is 0 Å². The minimum absolute atomic E-state index is 0.692. The maximum Gasteiger partial charge on any atom is 0.143 e. The van der Waals surface area contributed by atoms with E-state index in [9.17, 15) is 0 Å². The van der Waals surface area contributed by atoms with E-state index in [-0.39, 0.29) is 0 Å². The van der Waals surface area contributed by atoms with Crippen LogP contribution in [0.15, 0.2) is 48.5 Å². The van der Waals surface area contributed by atoms with Crippen molar-refractivity contribution >= 4 is 5.69 Å². The largest absolute Gasteiger partial charge is 0.492 e. The molecule has 3 heteroatoms. The van der Waals surface area contributed by atoms with Gasteiger partial charge in [-0.15, -0.1) is 0 Å². The number of piperazine rings is 1. The number of hydrogen-bond acceptors (Lipinski definition) is 3. The van der Waals surface area contributed by atoms with Crippen molar-refractivity contribution in [2.24, 2.45) is 0 Å². The highest BCUT2D eigenvalue weighted by molar-refractivity contribution is 5.71. The zero-order chi connectivity index (χ0) is 14.5. The van der Waals surface area contributed by atoms with Crippen LogP contribution in [0.25, 0.3) is 11.1 Å². The maximum atomic E-state index is 5.89. The van der Waals surface area contributed by atoms with E-state index in [0.717, 1.165) is 31.9 Å². The number of hydrogen-bond donors (Lipinski definition) is 1. The van der Waals surface area contributed by atoms with Crippen molar-refractivity contribution in [2.45, 2.75) is 6.92 Å². The van der Waals surface area contributed by atoms with Crippen LogP contribution in [-0.2, 0) is 0 Å². The molecule has 0 radical (unpaired) electrons. The lowest BCUT2D eigenvalue weighted by molar-refractivity contribution is 0.340. The summed E-state index contributed by atoms with van der Waals surface area (Å²) in [6, 6.07) is 17.0. The molecule has 2 aromatic rings. The predicted molar refractivity (Wildman–Crippen MR) is 88.1 cm³/mol. The molecule has 0 atom stereocenters. The van der Waals surface area contributed by atoms with Crippen molar-refractivity contribution in [3.05, 3.63) is 48.5 Å². The van der Waals surface area contributed by atoms with Crippen molar-refractivity contribution in [1.29, 1.82) is 0 Å². The Morgan fingerprint density at radius 1 is 1.00 bits per heavy atom. The Balaban J connectivity index is 1.94. The average Bonchev–Trinajstić information content (AvgIpc) is 2.57. The van der Waals surface area contributed by atoms with Crippen LogP contribution in [0.3, 0.4) is 0 Å². The van der Waals surface area contributed by atoms with Crippen LogP contribution in [0.2, 0.25) is 0 Å².